The zero-order chi connectivity index (χ0) is 15.7. The highest BCUT2D eigenvalue weighted by atomic mass is 35.5. The summed E-state index contributed by atoms with van der Waals surface area (Å²) in [6.07, 6.45) is 1.91. The van der Waals surface area contributed by atoms with Crippen molar-refractivity contribution in [3.63, 3.8) is 0 Å². The summed E-state index contributed by atoms with van der Waals surface area (Å²) < 4.78 is 7.35. The third-order valence-electron chi connectivity index (χ3n) is 3.13. The summed E-state index contributed by atoms with van der Waals surface area (Å²) >= 11 is 9.03. The molecule has 0 spiro atoms. The van der Waals surface area contributed by atoms with E-state index in [1.165, 1.54) is 27.7 Å². The number of aromatic nitrogens is 3. The molecule has 0 aliphatic heterocycles. The van der Waals surface area contributed by atoms with Crippen LogP contribution >= 0.6 is 34.7 Å². The van der Waals surface area contributed by atoms with Crippen molar-refractivity contribution in [3.05, 3.63) is 45.5 Å². The van der Waals surface area contributed by atoms with Crippen LogP contribution in [0.5, 0.6) is 5.75 Å². The summed E-state index contributed by atoms with van der Waals surface area (Å²) in [5.74, 6) is 0.764. The average molecular weight is 354 g/mol. The second-order valence-corrected chi connectivity index (χ2v) is 6.83. The first-order valence-corrected chi connectivity index (χ1v) is 8.78. The molecule has 5 nitrogen and oxygen atoms in total. The molecule has 0 aliphatic carbocycles. The molecule has 0 fully saturated rings. The predicted molar refractivity (Wildman–Crippen MR) is 90.6 cm³/mol. The topological polar surface area (TPSA) is 57.0 Å². The van der Waals surface area contributed by atoms with Crippen molar-refractivity contribution in [1.82, 2.24) is 14.5 Å². The molecule has 3 aromatic rings. The van der Waals surface area contributed by atoms with Gasteiger partial charge in [0.15, 0.2) is 14.7 Å². The Balaban J connectivity index is 2.03. The van der Waals surface area contributed by atoms with Crippen molar-refractivity contribution in [2.45, 2.75) is 10.9 Å². The van der Waals surface area contributed by atoms with E-state index >= 15 is 0 Å². The Morgan fingerprint density at radius 2 is 2.05 bits per heavy atom. The van der Waals surface area contributed by atoms with Gasteiger partial charge in [-0.1, -0.05) is 35.2 Å². The van der Waals surface area contributed by atoms with Crippen molar-refractivity contribution in [3.8, 4) is 5.75 Å². The van der Waals surface area contributed by atoms with Crippen LogP contribution in [0.1, 0.15) is 5.56 Å². The second-order valence-electron chi connectivity index (χ2n) is 4.46. The van der Waals surface area contributed by atoms with E-state index < -0.39 is 0 Å². The molecule has 2 heterocycles. The lowest BCUT2D eigenvalue weighted by Crippen LogP contribution is -2.22. The van der Waals surface area contributed by atoms with Crippen LogP contribution in [0.3, 0.4) is 0 Å². The monoisotopic (exact) mass is 353 g/mol. The van der Waals surface area contributed by atoms with Gasteiger partial charge in [0.05, 0.1) is 13.7 Å². The second kappa shape index (κ2) is 6.28. The van der Waals surface area contributed by atoms with Gasteiger partial charge in [0.25, 0.3) is 5.56 Å². The van der Waals surface area contributed by atoms with Crippen LogP contribution in [0.15, 0.2) is 33.4 Å². The first-order valence-electron chi connectivity index (χ1n) is 6.36. The van der Waals surface area contributed by atoms with Gasteiger partial charge in [-0.05, 0) is 35.6 Å². The van der Waals surface area contributed by atoms with Crippen LogP contribution < -0.4 is 10.3 Å². The largest absolute Gasteiger partial charge is 0.497 e. The van der Waals surface area contributed by atoms with Crippen molar-refractivity contribution >= 4 is 45.0 Å². The molecule has 0 unspecified atom stereocenters. The predicted octanol–water partition coefficient (Wildman–Crippen LogP) is 3.29. The normalized spacial score (nSPS) is 11.0. The SMILES string of the molecule is COc1ccc(Cn2c(Cl)nc3sc(SC)nc3c2=O)cc1. The summed E-state index contributed by atoms with van der Waals surface area (Å²) in [5.41, 5.74) is 1.08. The first kappa shape index (κ1) is 15.3. The molecule has 0 bridgehead atoms. The van der Waals surface area contributed by atoms with E-state index in [0.29, 0.717) is 16.9 Å². The van der Waals surface area contributed by atoms with E-state index in [0.717, 1.165) is 15.7 Å². The van der Waals surface area contributed by atoms with Crippen molar-refractivity contribution in [2.24, 2.45) is 0 Å². The zero-order valence-corrected chi connectivity index (χ0v) is 14.3. The summed E-state index contributed by atoms with van der Waals surface area (Å²) in [6.45, 7) is 0.344. The molecule has 114 valence electrons. The maximum atomic E-state index is 12.6. The molecule has 2 aromatic heterocycles. The fourth-order valence-corrected chi connectivity index (χ4v) is 3.69. The van der Waals surface area contributed by atoms with Gasteiger partial charge in [-0.3, -0.25) is 9.36 Å². The third-order valence-corrected chi connectivity index (χ3v) is 5.35. The lowest BCUT2D eigenvalue weighted by atomic mass is 10.2. The summed E-state index contributed by atoms with van der Waals surface area (Å²) in [4.78, 5) is 21.7. The summed E-state index contributed by atoms with van der Waals surface area (Å²) in [7, 11) is 1.61. The minimum atomic E-state index is -0.220. The molecule has 8 heteroatoms. The fraction of sp³-hybridized carbons (Fsp3) is 0.214. The molecule has 3 rings (SSSR count). The Bertz CT molecular complexity index is 874. The molecular weight excluding hydrogens is 342 g/mol. The van der Waals surface area contributed by atoms with Crippen LogP contribution in [-0.2, 0) is 6.54 Å². The van der Waals surface area contributed by atoms with Gasteiger partial charge in [0, 0.05) is 0 Å². The number of hydrogen-bond acceptors (Lipinski definition) is 6. The van der Waals surface area contributed by atoms with Gasteiger partial charge in [0.2, 0.25) is 5.28 Å². The highest BCUT2D eigenvalue weighted by Gasteiger charge is 2.14. The number of benzene rings is 1. The molecule has 0 saturated heterocycles. The summed E-state index contributed by atoms with van der Waals surface area (Å²) in [5, 5.41) is 0.171. The van der Waals surface area contributed by atoms with E-state index in [1.54, 1.807) is 7.11 Å². The Labute approximate surface area is 139 Å². The van der Waals surface area contributed by atoms with Gasteiger partial charge in [-0.25, -0.2) is 9.97 Å². The molecule has 0 radical (unpaired) electrons. The maximum Gasteiger partial charge on any atom is 0.282 e. The van der Waals surface area contributed by atoms with E-state index in [2.05, 4.69) is 9.97 Å². The first-order chi connectivity index (χ1) is 10.6. The molecule has 0 atom stereocenters. The fourth-order valence-electron chi connectivity index (χ4n) is 2.00. The van der Waals surface area contributed by atoms with Gasteiger partial charge in [0.1, 0.15) is 5.75 Å². The highest BCUT2D eigenvalue weighted by Crippen LogP contribution is 2.26. The van der Waals surface area contributed by atoms with E-state index in [-0.39, 0.29) is 10.8 Å². The number of thioether (sulfide) groups is 1. The minimum absolute atomic E-state index is 0.171. The van der Waals surface area contributed by atoms with Crippen molar-refractivity contribution in [1.29, 1.82) is 0 Å². The Kier molecular flexibility index (Phi) is 4.37. The smallest absolute Gasteiger partial charge is 0.282 e. The number of ether oxygens (including phenoxy) is 1. The number of rotatable bonds is 4. The molecule has 0 amide bonds. The van der Waals surface area contributed by atoms with Crippen molar-refractivity contribution < 1.29 is 4.74 Å². The van der Waals surface area contributed by atoms with Gasteiger partial charge < -0.3 is 4.74 Å². The minimum Gasteiger partial charge on any atom is -0.497 e. The quantitative estimate of drug-likeness (QED) is 0.532. The van der Waals surface area contributed by atoms with Gasteiger partial charge in [-0.2, -0.15) is 0 Å². The lowest BCUT2D eigenvalue weighted by molar-refractivity contribution is 0.414. The number of halogens is 1. The van der Waals surface area contributed by atoms with Crippen LogP contribution in [0.25, 0.3) is 10.3 Å². The Morgan fingerprint density at radius 1 is 1.32 bits per heavy atom. The zero-order valence-electron chi connectivity index (χ0n) is 11.9. The van der Waals surface area contributed by atoms with Crippen molar-refractivity contribution in [2.75, 3.05) is 13.4 Å². The Morgan fingerprint density at radius 3 is 2.68 bits per heavy atom. The summed E-state index contributed by atoms with van der Waals surface area (Å²) in [6, 6.07) is 7.46. The van der Waals surface area contributed by atoms with Crippen LogP contribution in [0.4, 0.5) is 0 Å². The molecule has 22 heavy (non-hydrogen) atoms. The molecule has 1 aromatic carbocycles. The molecule has 0 aliphatic rings. The Hall–Kier alpha value is -1.57. The maximum absolute atomic E-state index is 12.6. The average Bonchev–Trinajstić information content (AvgIpc) is 2.95. The number of thiazole rings is 1. The van der Waals surface area contributed by atoms with Crippen LogP contribution in [0.2, 0.25) is 5.28 Å². The molecule has 0 N–H and O–H groups in total. The molecule has 0 saturated carbocycles. The van der Waals surface area contributed by atoms with E-state index in [9.17, 15) is 4.79 Å². The van der Waals surface area contributed by atoms with Gasteiger partial charge >= 0.3 is 0 Å². The number of fused-ring (bicyclic) bond motifs is 1. The highest BCUT2D eigenvalue weighted by molar-refractivity contribution is 8.00. The molecular formula is C14H12ClN3O2S2. The third kappa shape index (κ3) is 2.84. The number of methoxy groups -OCH3 is 1. The van der Waals surface area contributed by atoms with Crippen LogP contribution in [-0.4, -0.2) is 27.9 Å². The van der Waals surface area contributed by atoms with E-state index in [1.807, 2.05) is 30.5 Å². The van der Waals surface area contributed by atoms with E-state index in [4.69, 9.17) is 16.3 Å². The standard InChI is InChI=1S/C14H12ClN3O2S2/c1-20-9-5-3-8(4-6-9)7-18-12(19)10-11(17-13(18)15)22-14(16-10)21-2/h3-6H,7H2,1-2H3. The number of hydrogen-bond donors (Lipinski definition) is 0. The van der Waals surface area contributed by atoms with Gasteiger partial charge in [-0.15, -0.1) is 0 Å². The number of nitrogens with zero attached hydrogens (tertiary/aromatic N) is 3. The lowest BCUT2D eigenvalue weighted by Gasteiger charge is -2.08. The van der Waals surface area contributed by atoms with Crippen LogP contribution in [0, 0.1) is 0 Å².